The zero-order valence-corrected chi connectivity index (χ0v) is 11.0. The molecule has 1 saturated heterocycles. The van der Waals surface area contributed by atoms with Crippen molar-refractivity contribution in [2.24, 2.45) is 0 Å². The number of anilines is 1. The molecule has 1 amide bonds. The summed E-state index contributed by atoms with van der Waals surface area (Å²) in [7, 11) is -3.82. The third-order valence-electron chi connectivity index (χ3n) is 2.81. The van der Waals surface area contributed by atoms with Gasteiger partial charge in [-0.25, -0.2) is 0 Å². The van der Waals surface area contributed by atoms with E-state index in [4.69, 9.17) is 6.42 Å². The molecule has 5 nitrogen and oxygen atoms in total. The van der Waals surface area contributed by atoms with Crippen LogP contribution in [-0.4, -0.2) is 27.5 Å². The smallest absolute Gasteiger partial charge is 0.297 e. The average molecular weight is 279 g/mol. The fourth-order valence-electron chi connectivity index (χ4n) is 1.89. The van der Waals surface area contributed by atoms with E-state index in [1.54, 1.807) is 17.0 Å². The first kappa shape index (κ1) is 13.6. The van der Waals surface area contributed by atoms with Crippen LogP contribution in [0.15, 0.2) is 29.2 Å². The molecule has 100 valence electrons. The molecule has 0 aliphatic carbocycles. The van der Waals surface area contributed by atoms with E-state index in [0.717, 1.165) is 6.42 Å². The maximum Gasteiger partial charge on any atom is 0.297 e. The highest BCUT2D eigenvalue weighted by Gasteiger charge is 2.22. The fraction of sp³-hybridized carbons (Fsp3) is 0.308. The van der Waals surface area contributed by atoms with Gasteiger partial charge in [0.15, 0.2) is 0 Å². The van der Waals surface area contributed by atoms with E-state index in [1.807, 2.05) is 0 Å². The molecule has 1 aromatic carbocycles. The number of carbonyl (C=O) groups is 1. The van der Waals surface area contributed by atoms with Crippen molar-refractivity contribution in [3.8, 4) is 12.3 Å². The minimum absolute atomic E-state index is 0.0261. The summed E-state index contributed by atoms with van der Waals surface area (Å²) in [5.74, 6) is 2.16. The van der Waals surface area contributed by atoms with Crippen LogP contribution < -0.4 is 4.90 Å². The Morgan fingerprint density at radius 1 is 1.32 bits per heavy atom. The van der Waals surface area contributed by atoms with Gasteiger partial charge in [-0.1, -0.05) is 5.92 Å². The molecule has 0 aromatic heterocycles. The molecule has 0 saturated carbocycles. The van der Waals surface area contributed by atoms with Crippen LogP contribution in [0.5, 0.6) is 0 Å². The summed E-state index contributed by atoms with van der Waals surface area (Å²) in [6, 6.07) is 6.00. The highest BCUT2D eigenvalue weighted by atomic mass is 32.2. The zero-order chi connectivity index (χ0) is 13.9. The lowest BCUT2D eigenvalue weighted by molar-refractivity contribution is -0.117. The van der Waals surface area contributed by atoms with E-state index in [2.05, 4.69) is 10.1 Å². The molecule has 1 aromatic rings. The van der Waals surface area contributed by atoms with E-state index in [1.165, 1.54) is 12.1 Å². The summed E-state index contributed by atoms with van der Waals surface area (Å²) in [6.45, 7) is 0.368. The van der Waals surface area contributed by atoms with Gasteiger partial charge in [0, 0.05) is 18.7 Å². The van der Waals surface area contributed by atoms with Crippen molar-refractivity contribution >= 4 is 21.7 Å². The molecule has 0 radical (unpaired) electrons. The number of benzene rings is 1. The van der Waals surface area contributed by atoms with Gasteiger partial charge in [0.05, 0.1) is 4.90 Å². The molecule has 0 spiro atoms. The number of terminal acetylenes is 1. The minimum Gasteiger partial charge on any atom is -0.312 e. The standard InChI is InChI=1S/C13H13NO4S/c1-2-10-18-19(16,17)12-7-5-11(6-8-12)14-9-3-4-13(14)15/h1,5-8H,3-4,9-10H2. The third-order valence-corrected chi connectivity index (χ3v) is 4.09. The molecular formula is C13H13NO4S. The highest BCUT2D eigenvalue weighted by molar-refractivity contribution is 7.86. The Labute approximate surface area is 112 Å². The molecule has 0 N–H and O–H groups in total. The first-order valence-electron chi connectivity index (χ1n) is 5.78. The van der Waals surface area contributed by atoms with Crippen molar-refractivity contribution in [2.45, 2.75) is 17.7 Å². The molecule has 1 fully saturated rings. The molecule has 0 atom stereocenters. The summed E-state index contributed by atoms with van der Waals surface area (Å²) in [5.41, 5.74) is 0.693. The molecule has 0 unspecified atom stereocenters. The Morgan fingerprint density at radius 3 is 2.53 bits per heavy atom. The van der Waals surface area contributed by atoms with Gasteiger partial charge in [-0.3, -0.25) is 8.98 Å². The highest BCUT2D eigenvalue weighted by Crippen LogP contribution is 2.23. The van der Waals surface area contributed by atoms with Crippen molar-refractivity contribution in [1.29, 1.82) is 0 Å². The Hall–Kier alpha value is -1.84. The molecule has 1 aliphatic rings. The predicted octanol–water partition coefficient (Wildman–Crippen LogP) is 1.15. The monoisotopic (exact) mass is 279 g/mol. The lowest BCUT2D eigenvalue weighted by Gasteiger charge is -2.15. The lowest BCUT2D eigenvalue weighted by atomic mass is 10.3. The Morgan fingerprint density at radius 2 is 2.00 bits per heavy atom. The number of amides is 1. The number of rotatable bonds is 4. The predicted molar refractivity (Wildman–Crippen MR) is 70.0 cm³/mol. The Kier molecular flexibility index (Phi) is 3.88. The SMILES string of the molecule is C#CCOS(=O)(=O)c1ccc(N2CCCC2=O)cc1. The van der Waals surface area contributed by atoms with E-state index >= 15 is 0 Å². The van der Waals surface area contributed by atoms with Crippen molar-refractivity contribution in [3.63, 3.8) is 0 Å². The summed E-state index contributed by atoms with van der Waals surface area (Å²) in [5, 5.41) is 0. The Bertz CT molecular complexity index is 613. The summed E-state index contributed by atoms with van der Waals surface area (Å²) in [4.78, 5) is 13.2. The van der Waals surface area contributed by atoms with Crippen LogP contribution >= 0.6 is 0 Å². The van der Waals surface area contributed by atoms with E-state index < -0.39 is 10.1 Å². The minimum atomic E-state index is -3.82. The van der Waals surface area contributed by atoms with Crippen LogP contribution in [0.4, 0.5) is 5.69 Å². The molecule has 19 heavy (non-hydrogen) atoms. The van der Waals surface area contributed by atoms with E-state index in [9.17, 15) is 13.2 Å². The van der Waals surface area contributed by atoms with Gasteiger partial charge in [0.25, 0.3) is 10.1 Å². The van der Waals surface area contributed by atoms with Crippen LogP contribution in [0.25, 0.3) is 0 Å². The van der Waals surface area contributed by atoms with Crippen LogP contribution in [0.1, 0.15) is 12.8 Å². The van der Waals surface area contributed by atoms with Gasteiger partial charge in [-0.05, 0) is 30.7 Å². The fourth-order valence-corrected chi connectivity index (χ4v) is 2.72. The summed E-state index contributed by atoms with van der Waals surface area (Å²) < 4.78 is 28.0. The molecular weight excluding hydrogens is 266 g/mol. The second kappa shape index (κ2) is 5.43. The van der Waals surface area contributed by atoms with Crippen LogP contribution in [-0.2, 0) is 19.1 Å². The quantitative estimate of drug-likeness (QED) is 0.612. The molecule has 6 heteroatoms. The molecule has 0 bridgehead atoms. The van der Waals surface area contributed by atoms with Crippen LogP contribution in [0.2, 0.25) is 0 Å². The van der Waals surface area contributed by atoms with Crippen molar-refractivity contribution in [1.82, 2.24) is 0 Å². The normalized spacial score (nSPS) is 15.5. The van der Waals surface area contributed by atoms with Gasteiger partial charge in [-0.15, -0.1) is 6.42 Å². The number of hydrogen-bond donors (Lipinski definition) is 0. The molecule has 1 heterocycles. The maximum atomic E-state index is 11.7. The van der Waals surface area contributed by atoms with Gasteiger partial charge in [-0.2, -0.15) is 8.42 Å². The van der Waals surface area contributed by atoms with Gasteiger partial charge < -0.3 is 4.90 Å². The van der Waals surface area contributed by atoms with Crippen molar-refractivity contribution in [3.05, 3.63) is 24.3 Å². The Balaban J connectivity index is 2.19. The number of hydrogen-bond acceptors (Lipinski definition) is 4. The van der Waals surface area contributed by atoms with Crippen molar-refractivity contribution < 1.29 is 17.4 Å². The van der Waals surface area contributed by atoms with Crippen LogP contribution in [0.3, 0.4) is 0 Å². The van der Waals surface area contributed by atoms with E-state index in [-0.39, 0.29) is 17.4 Å². The first-order chi connectivity index (χ1) is 9.04. The lowest BCUT2D eigenvalue weighted by Crippen LogP contribution is -2.23. The first-order valence-corrected chi connectivity index (χ1v) is 7.19. The summed E-state index contributed by atoms with van der Waals surface area (Å²) in [6.07, 6.45) is 6.31. The van der Waals surface area contributed by atoms with Crippen molar-refractivity contribution in [2.75, 3.05) is 18.1 Å². The second-order valence-electron chi connectivity index (χ2n) is 4.06. The largest absolute Gasteiger partial charge is 0.312 e. The maximum absolute atomic E-state index is 11.7. The second-order valence-corrected chi connectivity index (χ2v) is 5.68. The number of carbonyl (C=O) groups excluding carboxylic acids is 1. The third kappa shape index (κ3) is 2.95. The molecule has 1 aliphatic heterocycles. The van der Waals surface area contributed by atoms with Gasteiger partial charge >= 0.3 is 0 Å². The van der Waals surface area contributed by atoms with Gasteiger partial charge in [0.1, 0.15) is 6.61 Å². The summed E-state index contributed by atoms with van der Waals surface area (Å²) >= 11 is 0. The zero-order valence-electron chi connectivity index (χ0n) is 10.2. The average Bonchev–Trinajstić information content (AvgIpc) is 2.83. The van der Waals surface area contributed by atoms with E-state index in [0.29, 0.717) is 18.7 Å². The van der Waals surface area contributed by atoms with Gasteiger partial charge in [0.2, 0.25) is 5.91 Å². The topological polar surface area (TPSA) is 63.7 Å². The molecule has 2 rings (SSSR count). The van der Waals surface area contributed by atoms with Crippen LogP contribution in [0, 0.1) is 12.3 Å². The number of nitrogens with zero attached hydrogens (tertiary/aromatic N) is 1.